The van der Waals surface area contributed by atoms with Crippen molar-refractivity contribution in [3.63, 3.8) is 0 Å². The molecule has 3 rings (SSSR count). The van der Waals surface area contributed by atoms with Gasteiger partial charge in [-0.1, -0.05) is 41.4 Å². The highest BCUT2D eigenvalue weighted by Gasteiger charge is 2.16. The van der Waals surface area contributed by atoms with E-state index in [-0.39, 0.29) is 5.38 Å². The van der Waals surface area contributed by atoms with E-state index in [4.69, 9.17) is 23.2 Å². The van der Waals surface area contributed by atoms with Gasteiger partial charge in [0.15, 0.2) is 5.65 Å². The largest absolute Gasteiger partial charge is 0.307 e. The highest BCUT2D eigenvalue weighted by Crippen LogP contribution is 2.26. The van der Waals surface area contributed by atoms with E-state index < -0.39 is 0 Å². The van der Waals surface area contributed by atoms with Crippen molar-refractivity contribution in [3.8, 4) is 0 Å². The maximum Gasteiger partial charge on any atom is 0.160 e. The summed E-state index contributed by atoms with van der Waals surface area (Å²) in [6.45, 7) is 4.68. The Balaban J connectivity index is 2.10. The molecule has 1 aromatic carbocycles. The van der Waals surface area contributed by atoms with Crippen LogP contribution in [0.3, 0.4) is 0 Å². The first kappa shape index (κ1) is 14.4. The second-order valence-electron chi connectivity index (χ2n) is 5.15. The van der Waals surface area contributed by atoms with Gasteiger partial charge in [-0.05, 0) is 25.5 Å². The fraction of sp³-hybridized carbons (Fsp3) is 0.250. The summed E-state index contributed by atoms with van der Waals surface area (Å²) >= 11 is 12.3. The van der Waals surface area contributed by atoms with Crippen LogP contribution in [0.1, 0.15) is 29.3 Å². The van der Waals surface area contributed by atoms with E-state index in [2.05, 4.69) is 41.2 Å². The Bertz CT molecular complexity index is 776. The van der Waals surface area contributed by atoms with Crippen LogP contribution in [0.5, 0.6) is 0 Å². The number of hydrogen-bond acceptors (Lipinski definition) is 2. The van der Waals surface area contributed by atoms with Gasteiger partial charge < -0.3 is 4.57 Å². The number of aromatic nitrogens is 3. The first-order valence-corrected chi connectivity index (χ1v) is 7.57. The molecule has 0 aliphatic carbocycles. The van der Waals surface area contributed by atoms with Crippen LogP contribution in [-0.2, 0) is 6.54 Å². The molecule has 0 fully saturated rings. The molecule has 108 valence electrons. The van der Waals surface area contributed by atoms with Gasteiger partial charge in [0.05, 0.1) is 16.9 Å². The Morgan fingerprint density at radius 3 is 2.62 bits per heavy atom. The number of benzene rings is 1. The van der Waals surface area contributed by atoms with Gasteiger partial charge >= 0.3 is 0 Å². The molecule has 0 amide bonds. The van der Waals surface area contributed by atoms with Crippen LogP contribution in [0, 0.1) is 6.92 Å². The zero-order chi connectivity index (χ0) is 15.0. The second-order valence-corrected chi connectivity index (χ2v) is 6.25. The average Bonchev–Trinajstić information content (AvgIpc) is 2.79. The van der Waals surface area contributed by atoms with Gasteiger partial charge in [0.2, 0.25) is 0 Å². The van der Waals surface area contributed by atoms with Crippen molar-refractivity contribution in [1.82, 2.24) is 14.5 Å². The Labute approximate surface area is 133 Å². The van der Waals surface area contributed by atoms with E-state index in [1.165, 1.54) is 11.1 Å². The second kappa shape index (κ2) is 5.66. The molecule has 0 saturated carbocycles. The van der Waals surface area contributed by atoms with Crippen LogP contribution in [0.25, 0.3) is 11.2 Å². The highest BCUT2D eigenvalue weighted by molar-refractivity contribution is 6.31. The SMILES string of the molecule is Cc1ccc(Cn2c(C(C)Cl)nc3cc(Cl)cnc32)cc1. The fourth-order valence-corrected chi connectivity index (χ4v) is 2.66. The summed E-state index contributed by atoms with van der Waals surface area (Å²) < 4.78 is 2.05. The Morgan fingerprint density at radius 1 is 1.24 bits per heavy atom. The predicted octanol–water partition coefficient (Wildman–Crippen LogP) is 4.74. The molecule has 0 aliphatic heterocycles. The minimum absolute atomic E-state index is 0.191. The van der Waals surface area contributed by atoms with Gasteiger partial charge in [0, 0.05) is 6.20 Å². The molecule has 0 spiro atoms. The summed E-state index contributed by atoms with van der Waals surface area (Å²) in [4.78, 5) is 8.98. The van der Waals surface area contributed by atoms with Crippen molar-refractivity contribution >= 4 is 34.4 Å². The van der Waals surface area contributed by atoms with E-state index in [1.54, 1.807) is 6.20 Å². The molecule has 0 bridgehead atoms. The maximum absolute atomic E-state index is 6.27. The minimum atomic E-state index is -0.191. The van der Waals surface area contributed by atoms with Gasteiger partial charge in [-0.2, -0.15) is 0 Å². The van der Waals surface area contributed by atoms with E-state index in [1.807, 2.05) is 17.6 Å². The Kier molecular flexibility index (Phi) is 3.87. The smallest absolute Gasteiger partial charge is 0.160 e. The monoisotopic (exact) mass is 319 g/mol. The molecule has 2 aromatic heterocycles. The zero-order valence-corrected chi connectivity index (χ0v) is 13.4. The number of aryl methyl sites for hydroxylation is 1. The van der Waals surface area contributed by atoms with Gasteiger partial charge in [0.1, 0.15) is 11.3 Å². The number of hydrogen-bond donors (Lipinski definition) is 0. The molecule has 3 nitrogen and oxygen atoms in total. The van der Waals surface area contributed by atoms with Crippen molar-refractivity contribution in [2.24, 2.45) is 0 Å². The van der Waals surface area contributed by atoms with Gasteiger partial charge in [0.25, 0.3) is 0 Å². The lowest BCUT2D eigenvalue weighted by Crippen LogP contribution is -2.06. The number of halogens is 2. The van der Waals surface area contributed by atoms with Crippen LogP contribution in [0.15, 0.2) is 36.5 Å². The first-order chi connectivity index (χ1) is 10.0. The topological polar surface area (TPSA) is 30.7 Å². The summed E-state index contributed by atoms with van der Waals surface area (Å²) in [6.07, 6.45) is 1.64. The van der Waals surface area contributed by atoms with E-state index in [9.17, 15) is 0 Å². The third-order valence-corrected chi connectivity index (χ3v) is 3.80. The molecule has 3 aromatic rings. The van der Waals surface area contributed by atoms with E-state index >= 15 is 0 Å². The van der Waals surface area contributed by atoms with Crippen molar-refractivity contribution < 1.29 is 0 Å². The van der Waals surface area contributed by atoms with Crippen LogP contribution in [0.4, 0.5) is 0 Å². The Hall–Kier alpha value is -1.58. The van der Waals surface area contributed by atoms with Crippen molar-refractivity contribution in [2.45, 2.75) is 25.8 Å². The molecule has 2 heterocycles. The summed E-state index contributed by atoms with van der Waals surface area (Å²) in [5.41, 5.74) is 4.01. The number of fused-ring (bicyclic) bond motifs is 1. The van der Waals surface area contributed by atoms with Gasteiger partial charge in [-0.25, -0.2) is 9.97 Å². The number of pyridine rings is 1. The van der Waals surface area contributed by atoms with E-state index in [0.29, 0.717) is 11.6 Å². The molecule has 0 radical (unpaired) electrons. The van der Waals surface area contributed by atoms with Crippen LogP contribution in [-0.4, -0.2) is 14.5 Å². The van der Waals surface area contributed by atoms with Crippen LogP contribution >= 0.6 is 23.2 Å². The average molecular weight is 320 g/mol. The third-order valence-electron chi connectivity index (χ3n) is 3.40. The standard InChI is InChI=1S/C16H15Cl2N3/c1-10-3-5-12(6-4-10)9-21-15(11(2)17)20-14-7-13(18)8-19-16(14)21/h3-8,11H,9H2,1-2H3. The highest BCUT2D eigenvalue weighted by atomic mass is 35.5. The first-order valence-electron chi connectivity index (χ1n) is 6.76. The lowest BCUT2D eigenvalue weighted by molar-refractivity contribution is 0.736. The quantitative estimate of drug-likeness (QED) is 0.653. The van der Waals surface area contributed by atoms with Crippen LogP contribution in [0.2, 0.25) is 5.02 Å². The lowest BCUT2D eigenvalue weighted by atomic mass is 10.1. The summed E-state index contributed by atoms with van der Waals surface area (Å²) in [6, 6.07) is 10.2. The lowest BCUT2D eigenvalue weighted by Gasteiger charge is -2.10. The zero-order valence-electron chi connectivity index (χ0n) is 11.8. The number of imidazole rings is 1. The Morgan fingerprint density at radius 2 is 1.95 bits per heavy atom. The molecule has 0 aliphatic rings. The van der Waals surface area contributed by atoms with Crippen LogP contribution < -0.4 is 0 Å². The normalized spacial score (nSPS) is 12.8. The molecular weight excluding hydrogens is 305 g/mol. The molecule has 0 saturated heterocycles. The van der Waals surface area contributed by atoms with Crippen molar-refractivity contribution in [2.75, 3.05) is 0 Å². The molecule has 1 atom stereocenters. The van der Waals surface area contributed by atoms with Gasteiger partial charge in [-0.15, -0.1) is 11.6 Å². The molecule has 21 heavy (non-hydrogen) atoms. The number of rotatable bonds is 3. The minimum Gasteiger partial charge on any atom is -0.307 e. The molecule has 1 unspecified atom stereocenters. The summed E-state index contributed by atoms with van der Waals surface area (Å²) in [5.74, 6) is 0.807. The molecule has 0 N–H and O–H groups in total. The summed E-state index contributed by atoms with van der Waals surface area (Å²) in [5, 5.41) is 0.389. The molecule has 5 heteroatoms. The van der Waals surface area contributed by atoms with Crippen molar-refractivity contribution in [3.05, 3.63) is 58.5 Å². The van der Waals surface area contributed by atoms with E-state index in [0.717, 1.165) is 17.0 Å². The van der Waals surface area contributed by atoms with Gasteiger partial charge in [-0.3, -0.25) is 0 Å². The molecular formula is C16H15Cl2N3. The summed E-state index contributed by atoms with van der Waals surface area (Å²) in [7, 11) is 0. The fourth-order valence-electron chi connectivity index (χ4n) is 2.34. The third kappa shape index (κ3) is 2.89. The number of nitrogens with zero attached hydrogens (tertiary/aromatic N) is 3. The maximum atomic E-state index is 6.27. The van der Waals surface area contributed by atoms with Crippen molar-refractivity contribution in [1.29, 1.82) is 0 Å². The number of alkyl halides is 1. The predicted molar refractivity (Wildman–Crippen MR) is 87.1 cm³/mol.